The number of aryl methyl sites for hydroxylation is 2. The van der Waals surface area contributed by atoms with Crippen LogP contribution in [0.2, 0.25) is 0 Å². The fourth-order valence-electron chi connectivity index (χ4n) is 5.35. The Morgan fingerprint density at radius 3 is 2.51 bits per heavy atom. The molecule has 0 unspecified atom stereocenters. The minimum absolute atomic E-state index is 0.113. The molecule has 2 aliphatic rings. The molecular formula is C28H30F2N6S. The van der Waals surface area contributed by atoms with Crippen molar-refractivity contribution >= 4 is 38.9 Å². The number of thiazole rings is 1. The SMILES string of the molecule is Cc1cccc(C)c1-c1nc2cc(Nc3ccc(N4CCC(F)(F)C4)c(CN4CCCC4)n3)ncc2s1. The molecule has 2 saturated heterocycles. The van der Waals surface area contributed by atoms with Gasteiger partial charge in [-0.1, -0.05) is 18.2 Å². The Labute approximate surface area is 219 Å². The molecular weight excluding hydrogens is 490 g/mol. The zero-order valence-corrected chi connectivity index (χ0v) is 21.9. The average molecular weight is 521 g/mol. The topological polar surface area (TPSA) is 57.2 Å². The molecule has 9 heteroatoms. The summed E-state index contributed by atoms with van der Waals surface area (Å²) >= 11 is 1.64. The van der Waals surface area contributed by atoms with Crippen LogP contribution >= 0.6 is 11.3 Å². The van der Waals surface area contributed by atoms with Crippen LogP contribution < -0.4 is 10.2 Å². The van der Waals surface area contributed by atoms with Crippen molar-refractivity contribution in [3.8, 4) is 10.6 Å². The number of rotatable bonds is 6. The van der Waals surface area contributed by atoms with Crippen LogP contribution in [0, 0.1) is 13.8 Å². The predicted molar refractivity (Wildman–Crippen MR) is 146 cm³/mol. The number of anilines is 3. The van der Waals surface area contributed by atoms with Crippen LogP contribution in [0.4, 0.5) is 26.1 Å². The highest BCUT2D eigenvalue weighted by atomic mass is 32.1. The van der Waals surface area contributed by atoms with Crippen LogP contribution in [-0.4, -0.2) is 52.0 Å². The minimum Gasteiger partial charge on any atom is -0.364 e. The summed E-state index contributed by atoms with van der Waals surface area (Å²) in [6.45, 7) is 7.00. The standard InChI is InChI=1S/C28H30F2N6S/c1-18-6-5-7-19(2)26(18)27-33-20-14-25(31-15-23(20)37-27)34-24-9-8-22(36-13-10-28(29,30)17-36)21(32-24)16-35-11-3-4-12-35/h5-9,14-15H,3-4,10-13,16-17H2,1-2H3,(H,31,32,34). The first-order valence-electron chi connectivity index (χ1n) is 12.8. The second kappa shape index (κ2) is 9.61. The molecule has 6 nitrogen and oxygen atoms in total. The highest BCUT2D eigenvalue weighted by Crippen LogP contribution is 2.36. The lowest BCUT2D eigenvalue weighted by molar-refractivity contribution is 0.0257. The lowest BCUT2D eigenvalue weighted by Gasteiger charge is -2.24. The van der Waals surface area contributed by atoms with E-state index in [4.69, 9.17) is 9.97 Å². The van der Waals surface area contributed by atoms with Gasteiger partial charge in [0.2, 0.25) is 0 Å². The van der Waals surface area contributed by atoms with Crippen LogP contribution in [0.15, 0.2) is 42.6 Å². The third-order valence-electron chi connectivity index (χ3n) is 7.26. The van der Waals surface area contributed by atoms with Gasteiger partial charge >= 0.3 is 0 Å². The number of nitrogens with zero attached hydrogens (tertiary/aromatic N) is 5. The van der Waals surface area contributed by atoms with Crippen LogP contribution in [0.1, 0.15) is 36.1 Å². The summed E-state index contributed by atoms with van der Waals surface area (Å²) in [5.74, 6) is -1.34. The first kappa shape index (κ1) is 24.2. The number of fused-ring (bicyclic) bond motifs is 1. The predicted octanol–water partition coefficient (Wildman–Crippen LogP) is 6.55. The van der Waals surface area contributed by atoms with Gasteiger partial charge in [-0.2, -0.15) is 0 Å². The largest absolute Gasteiger partial charge is 0.364 e. The zero-order valence-electron chi connectivity index (χ0n) is 21.1. The summed E-state index contributed by atoms with van der Waals surface area (Å²) in [5, 5.41) is 4.31. The number of halogens is 2. The van der Waals surface area contributed by atoms with Crippen molar-refractivity contribution in [1.82, 2.24) is 19.9 Å². The Balaban J connectivity index is 1.28. The highest BCUT2D eigenvalue weighted by molar-refractivity contribution is 7.21. The van der Waals surface area contributed by atoms with E-state index in [1.54, 1.807) is 16.2 Å². The summed E-state index contributed by atoms with van der Waals surface area (Å²) in [6.07, 6.45) is 4.06. The molecule has 0 spiro atoms. The third-order valence-corrected chi connectivity index (χ3v) is 8.28. The normalized spacial score (nSPS) is 17.7. The van der Waals surface area contributed by atoms with Gasteiger partial charge in [0.15, 0.2) is 0 Å². The Morgan fingerprint density at radius 1 is 1.00 bits per heavy atom. The average Bonchev–Trinajstić information content (AvgIpc) is 3.59. The van der Waals surface area contributed by atoms with E-state index in [9.17, 15) is 8.78 Å². The van der Waals surface area contributed by atoms with Crippen LogP contribution in [0.25, 0.3) is 20.8 Å². The fourth-order valence-corrected chi connectivity index (χ4v) is 6.45. The summed E-state index contributed by atoms with van der Waals surface area (Å²) in [5.41, 5.74) is 6.10. The molecule has 4 aromatic rings. The van der Waals surface area contributed by atoms with Gasteiger partial charge in [0.1, 0.15) is 16.6 Å². The smallest absolute Gasteiger partial charge is 0.266 e. The molecule has 1 N–H and O–H groups in total. The van der Waals surface area contributed by atoms with Crippen molar-refractivity contribution in [3.63, 3.8) is 0 Å². The summed E-state index contributed by atoms with van der Waals surface area (Å²) in [6, 6.07) is 12.0. The second-order valence-electron chi connectivity index (χ2n) is 10.1. The maximum absolute atomic E-state index is 14.0. The van der Waals surface area contributed by atoms with Crippen LogP contribution in [-0.2, 0) is 6.54 Å². The first-order chi connectivity index (χ1) is 17.8. The number of aromatic nitrogens is 3. The van der Waals surface area contributed by atoms with Crippen LogP contribution in [0.5, 0.6) is 0 Å². The number of pyridine rings is 2. The molecule has 0 atom stereocenters. The first-order valence-corrected chi connectivity index (χ1v) is 13.6. The molecule has 0 radical (unpaired) electrons. The van der Waals surface area contributed by atoms with Gasteiger partial charge in [0.05, 0.1) is 28.1 Å². The van der Waals surface area contributed by atoms with E-state index in [0.717, 1.165) is 52.5 Å². The lowest BCUT2D eigenvalue weighted by Crippen LogP contribution is -2.28. The number of benzene rings is 1. The van der Waals surface area contributed by atoms with Crippen molar-refractivity contribution in [1.29, 1.82) is 0 Å². The van der Waals surface area contributed by atoms with Gasteiger partial charge in [-0.05, 0) is 63.0 Å². The van der Waals surface area contributed by atoms with Gasteiger partial charge in [0, 0.05) is 37.3 Å². The molecule has 6 rings (SSSR count). The Bertz CT molecular complexity index is 1430. The van der Waals surface area contributed by atoms with Gasteiger partial charge in [-0.15, -0.1) is 11.3 Å². The molecule has 3 aromatic heterocycles. The molecule has 192 valence electrons. The molecule has 0 aliphatic carbocycles. The highest BCUT2D eigenvalue weighted by Gasteiger charge is 2.39. The molecule has 0 amide bonds. The maximum atomic E-state index is 14.0. The quantitative estimate of drug-likeness (QED) is 0.311. The van der Waals surface area contributed by atoms with Gasteiger partial charge < -0.3 is 10.2 Å². The van der Waals surface area contributed by atoms with E-state index in [0.29, 0.717) is 24.7 Å². The van der Waals surface area contributed by atoms with E-state index in [1.165, 1.54) is 16.7 Å². The maximum Gasteiger partial charge on any atom is 0.266 e. The molecule has 2 fully saturated rings. The van der Waals surface area contributed by atoms with E-state index in [2.05, 4.69) is 47.2 Å². The van der Waals surface area contributed by atoms with Gasteiger partial charge in [-0.25, -0.2) is 23.7 Å². The Kier molecular flexibility index (Phi) is 6.28. The van der Waals surface area contributed by atoms with E-state index in [-0.39, 0.29) is 13.0 Å². The van der Waals surface area contributed by atoms with E-state index < -0.39 is 5.92 Å². The number of alkyl halides is 2. The minimum atomic E-state index is -2.65. The zero-order chi connectivity index (χ0) is 25.6. The lowest BCUT2D eigenvalue weighted by atomic mass is 10.0. The number of hydrogen-bond donors (Lipinski definition) is 1. The van der Waals surface area contributed by atoms with Crippen molar-refractivity contribution in [2.24, 2.45) is 0 Å². The molecule has 1 aromatic carbocycles. The summed E-state index contributed by atoms with van der Waals surface area (Å²) < 4.78 is 29.0. The fraction of sp³-hybridized carbons (Fsp3) is 0.393. The molecule has 2 aliphatic heterocycles. The Morgan fingerprint density at radius 2 is 1.78 bits per heavy atom. The van der Waals surface area contributed by atoms with Crippen molar-refractivity contribution in [3.05, 3.63) is 59.4 Å². The van der Waals surface area contributed by atoms with E-state index >= 15 is 0 Å². The van der Waals surface area contributed by atoms with Crippen molar-refractivity contribution in [2.75, 3.05) is 36.4 Å². The number of likely N-dealkylation sites (tertiary alicyclic amines) is 1. The number of nitrogens with one attached hydrogen (secondary N) is 1. The summed E-state index contributed by atoms with van der Waals surface area (Å²) in [7, 11) is 0. The Hall–Kier alpha value is -3.17. The second-order valence-corrected chi connectivity index (χ2v) is 11.2. The van der Waals surface area contributed by atoms with Gasteiger partial charge in [-0.3, -0.25) is 4.90 Å². The molecule has 0 bridgehead atoms. The number of hydrogen-bond acceptors (Lipinski definition) is 7. The molecule has 5 heterocycles. The third kappa shape index (κ3) is 5.02. The van der Waals surface area contributed by atoms with Crippen LogP contribution in [0.3, 0.4) is 0 Å². The molecule has 0 saturated carbocycles. The van der Waals surface area contributed by atoms with E-state index in [1.807, 2.05) is 24.4 Å². The van der Waals surface area contributed by atoms with Gasteiger partial charge in [0.25, 0.3) is 5.92 Å². The molecule has 37 heavy (non-hydrogen) atoms. The van der Waals surface area contributed by atoms with Crippen molar-refractivity contribution in [2.45, 2.75) is 45.6 Å². The monoisotopic (exact) mass is 520 g/mol. The van der Waals surface area contributed by atoms with Crippen molar-refractivity contribution < 1.29 is 8.78 Å². The summed E-state index contributed by atoms with van der Waals surface area (Å²) in [4.78, 5) is 18.5.